The number of halogens is 1. The van der Waals surface area contributed by atoms with Crippen molar-refractivity contribution in [3.8, 4) is 12.3 Å². The van der Waals surface area contributed by atoms with E-state index in [1.54, 1.807) is 0 Å². The molecule has 28 valence electrons. The fraction of sp³-hybridized carbons (Fsp3) is 0.333. The van der Waals surface area contributed by atoms with Crippen molar-refractivity contribution in [2.24, 2.45) is 0 Å². The van der Waals surface area contributed by atoms with Crippen LogP contribution in [0.15, 0.2) is 0 Å². The molecule has 2 heteroatoms. The van der Waals surface area contributed by atoms with Gasteiger partial charge in [-0.05, 0) is 0 Å². The van der Waals surface area contributed by atoms with E-state index in [9.17, 15) is 0 Å². The number of terminal acetylenes is 1. The normalized spacial score (nSPS) is 6.40. The molecule has 0 spiro atoms. The van der Waals surface area contributed by atoms with Crippen LogP contribution in [0.3, 0.4) is 0 Å². The summed E-state index contributed by atoms with van der Waals surface area (Å²) in [5.74, 6) is 2.36. The number of rotatable bonds is 1. The van der Waals surface area contributed by atoms with Crippen LogP contribution in [0.5, 0.6) is 0 Å². The van der Waals surface area contributed by atoms with Gasteiger partial charge in [0.15, 0.2) is 0 Å². The summed E-state index contributed by atoms with van der Waals surface area (Å²) in [5.41, 5.74) is 0. The molecule has 0 saturated heterocycles. The Morgan fingerprint density at radius 1 is 2.00 bits per heavy atom. The molecule has 0 bridgehead atoms. The van der Waals surface area contributed by atoms with Crippen LogP contribution in [-0.4, -0.2) is 6.54 Å². The van der Waals surface area contributed by atoms with E-state index >= 15 is 0 Å². The van der Waals surface area contributed by atoms with Crippen LogP contribution in [0.4, 0.5) is 0 Å². The number of nitrogens with one attached hydrogen (secondary N) is 1. The Hall–Kier alpha value is 0. The lowest BCUT2D eigenvalue weighted by Crippen LogP contribution is -1.93. The predicted octanol–water partition coefficient (Wildman–Crippen LogP) is 0.519. The molecule has 0 aliphatic rings. The monoisotopic (exact) mass is 133 g/mol. The van der Waals surface area contributed by atoms with Gasteiger partial charge in [0, 0.05) is 16.1 Å². The summed E-state index contributed by atoms with van der Waals surface area (Å²) in [6.45, 7) is 0.583. The molecule has 0 aliphatic carbocycles. The van der Waals surface area contributed by atoms with Crippen molar-refractivity contribution in [2.45, 2.75) is 0 Å². The van der Waals surface area contributed by atoms with Crippen molar-refractivity contribution in [3.05, 3.63) is 0 Å². The molecule has 0 amide bonds. The molecule has 0 atom stereocenters. The smallest absolute Gasteiger partial charge is 0.0672 e. The van der Waals surface area contributed by atoms with Crippen LogP contribution in [0.25, 0.3) is 0 Å². The Bertz CT molecular complexity index is 45.3. The van der Waals surface area contributed by atoms with Gasteiger partial charge in [-0.15, -0.1) is 6.42 Å². The lowest BCUT2D eigenvalue weighted by molar-refractivity contribution is 1.19. The summed E-state index contributed by atoms with van der Waals surface area (Å²) in [4.78, 5) is 0. The van der Waals surface area contributed by atoms with Gasteiger partial charge >= 0.3 is 0 Å². The molecular formula is C3H4BrN. The van der Waals surface area contributed by atoms with Gasteiger partial charge in [-0.3, -0.25) is 0 Å². The topological polar surface area (TPSA) is 12.0 Å². The first-order valence-electron chi connectivity index (χ1n) is 1.18. The van der Waals surface area contributed by atoms with E-state index in [1.165, 1.54) is 0 Å². The second kappa shape index (κ2) is 4.00. The Balaban J connectivity index is 2.48. The van der Waals surface area contributed by atoms with Crippen molar-refractivity contribution in [3.63, 3.8) is 0 Å². The van der Waals surface area contributed by atoms with Gasteiger partial charge in [0.2, 0.25) is 0 Å². The Morgan fingerprint density at radius 2 is 2.60 bits per heavy atom. The van der Waals surface area contributed by atoms with Crippen molar-refractivity contribution >= 4 is 16.1 Å². The molecule has 0 saturated carbocycles. The molecule has 0 fully saturated rings. The van der Waals surface area contributed by atoms with Crippen molar-refractivity contribution in [2.75, 3.05) is 6.54 Å². The van der Waals surface area contributed by atoms with Crippen LogP contribution in [-0.2, 0) is 0 Å². The average molecular weight is 134 g/mol. The minimum atomic E-state index is 0.583. The maximum Gasteiger partial charge on any atom is 0.0672 e. The molecule has 1 nitrogen and oxygen atoms in total. The average Bonchev–Trinajstić information content (AvgIpc) is 1.41. The molecule has 0 aromatic carbocycles. The summed E-state index contributed by atoms with van der Waals surface area (Å²) in [6.07, 6.45) is 4.80. The first-order valence-corrected chi connectivity index (χ1v) is 1.98. The van der Waals surface area contributed by atoms with Crippen molar-refractivity contribution in [1.82, 2.24) is 4.34 Å². The van der Waals surface area contributed by atoms with Crippen LogP contribution in [0.1, 0.15) is 0 Å². The van der Waals surface area contributed by atoms with Crippen LogP contribution >= 0.6 is 16.1 Å². The lowest BCUT2D eigenvalue weighted by atomic mass is 10.7. The molecular weight excluding hydrogens is 130 g/mol. The van der Waals surface area contributed by atoms with Gasteiger partial charge in [0.25, 0.3) is 0 Å². The van der Waals surface area contributed by atoms with E-state index in [1.807, 2.05) is 0 Å². The highest BCUT2D eigenvalue weighted by atomic mass is 79.9. The molecule has 0 aromatic heterocycles. The zero-order chi connectivity index (χ0) is 4.12. The zero-order valence-electron chi connectivity index (χ0n) is 2.66. The highest BCUT2D eigenvalue weighted by molar-refractivity contribution is 9.08. The Labute approximate surface area is 40.1 Å². The molecule has 0 unspecified atom stereocenters. The van der Waals surface area contributed by atoms with E-state index in [0.717, 1.165) is 0 Å². The predicted molar refractivity (Wildman–Crippen MR) is 25.8 cm³/mol. The lowest BCUT2D eigenvalue weighted by Gasteiger charge is -1.73. The van der Waals surface area contributed by atoms with E-state index in [2.05, 4.69) is 26.4 Å². The molecule has 5 heavy (non-hydrogen) atoms. The Kier molecular flexibility index (Phi) is 4.00. The summed E-state index contributed by atoms with van der Waals surface area (Å²) in [6, 6.07) is 0. The maximum atomic E-state index is 4.80. The highest BCUT2D eigenvalue weighted by Gasteiger charge is 1.58. The first-order chi connectivity index (χ1) is 2.41. The van der Waals surface area contributed by atoms with Gasteiger partial charge in [-0.25, -0.2) is 4.34 Å². The molecule has 1 N–H and O–H groups in total. The van der Waals surface area contributed by atoms with Crippen LogP contribution in [0, 0.1) is 12.3 Å². The third-order valence-corrected chi connectivity index (χ3v) is 0.449. The Morgan fingerprint density at radius 3 is 2.60 bits per heavy atom. The van der Waals surface area contributed by atoms with Gasteiger partial charge in [-0.2, -0.15) is 0 Å². The second-order valence-electron chi connectivity index (χ2n) is 0.515. The third-order valence-electron chi connectivity index (χ3n) is 0.169. The second-order valence-corrected chi connectivity index (χ2v) is 1.08. The van der Waals surface area contributed by atoms with E-state index in [-0.39, 0.29) is 0 Å². The van der Waals surface area contributed by atoms with E-state index in [4.69, 9.17) is 6.42 Å². The molecule has 0 aromatic rings. The number of hydrogen-bond donors (Lipinski definition) is 1. The molecule has 0 radical (unpaired) electrons. The summed E-state index contributed by atoms with van der Waals surface area (Å²) >= 11 is 2.92. The van der Waals surface area contributed by atoms with Gasteiger partial charge in [0.1, 0.15) is 0 Å². The quantitative estimate of drug-likeness (QED) is 0.407. The molecule has 0 rings (SSSR count). The fourth-order valence-electron chi connectivity index (χ4n) is 0.0386. The van der Waals surface area contributed by atoms with E-state index < -0.39 is 0 Å². The van der Waals surface area contributed by atoms with Gasteiger partial charge < -0.3 is 0 Å². The minimum absolute atomic E-state index is 0.583. The maximum absolute atomic E-state index is 4.80. The van der Waals surface area contributed by atoms with Crippen LogP contribution in [0.2, 0.25) is 0 Å². The van der Waals surface area contributed by atoms with Gasteiger partial charge in [0.05, 0.1) is 6.54 Å². The summed E-state index contributed by atoms with van der Waals surface area (Å²) in [5, 5.41) is 0. The third kappa shape index (κ3) is 4.00. The van der Waals surface area contributed by atoms with Gasteiger partial charge in [-0.1, -0.05) is 5.92 Å². The summed E-state index contributed by atoms with van der Waals surface area (Å²) in [7, 11) is 0. The van der Waals surface area contributed by atoms with Crippen molar-refractivity contribution in [1.29, 1.82) is 0 Å². The minimum Gasteiger partial charge on any atom is -0.244 e. The molecule has 0 heterocycles. The summed E-state index contributed by atoms with van der Waals surface area (Å²) < 4.78 is 2.59. The van der Waals surface area contributed by atoms with E-state index in [0.29, 0.717) is 6.54 Å². The standard InChI is InChI=1S/C3H4BrN/c1-2-3-5-4/h1,5H,3H2. The fourth-order valence-corrected chi connectivity index (χ4v) is 0.200. The first kappa shape index (κ1) is 5.00. The largest absolute Gasteiger partial charge is 0.244 e. The van der Waals surface area contributed by atoms with Crippen molar-refractivity contribution < 1.29 is 0 Å². The highest BCUT2D eigenvalue weighted by Crippen LogP contribution is 1.59. The van der Waals surface area contributed by atoms with Crippen LogP contribution < -0.4 is 4.34 Å². The SMILES string of the molecule is C#CCNBr. The molecule has 0 aliphatic heterocycles. The zero-order valence-corrected chi connectivity index (χ0v) is 4.25. The number of hydrogen-bond acceptors (Lipinski definition) is 1.